The number of rotatable bonds is 2. The van der Waals surface area contributed by atoms with Crippen LogP contribution in [0.2, 0.25) is 0 Å². The van der Waals surface area contributed by atoms with Crippen LogP contribution in [0, 0.1) is 0 Å². The second-order valence-electron chi connectivity index (χ2n) is 3.43. The maximum atomic E-state index is 10.5. The van der Waals surface area contributed by atoms with Gasteiger partial charge in [-0.15, -0.1) is 0 Å². The summed E-state index contributed by atoms with van der Waals surface area (Å²) in [5, 5.41) is 10.5. The number of aryl methyl sites for hydroxylation is 1. The first-order valence-electron chi connectivity index (χ1n) is 4.57. The lowest BCUT2D eigenvalue weighted by molar-refractivity contribution is 0.181. The van der Waals surface area contributed by atoms with Crippen molar-refractivity contribution in [3.63, 3.8) is 0 Å². The minimum Gasteiger partial charge on any atom is -0.237 e. The second-order valence-corrected chi connectivity index (χ2v) is 3.43. The predicted octanol–water partition coefficient (Wildman–Crippen LogP) is 2.54. The van der Waals surface area contributed by atoms with Crippen molar-refractivity contribution < 1.29 is 5.11 Å². The highest BCUT2D eigenvalue weighted by Gasteiger charge is 2.20. The Morgan fingerprint density at radius 2 is 2.17 bits per heavy atom. The fourth-order valence-electron chi connectivity index (χ4n) is 2.09. The molecule has 1 aliphatic carbocycles. The zero-order chi connectivity index (χ0) is 8.39. The molecule has 0 amide bonds. The smallest absolute Gasteiger partial charge is 0.0828 e. The summed E-state index contributed by atoms with van der Waals surface area (Å²) >= 11 is 0. The molecule has 1 atom stereocenters. The molecule has 12 heavy (non-hydrogen) atoms. The van der Waals surface area contributed by atoms with Crippen LogP contribution in [0.1, 0.15) is 29.9 Å². The summed E-state index contributed by atoms with van der Waals surface area (Å²) in [5.41, 5.74) is 2.88. The first kappa shape index (κ1) is 7.81. The Balaban J connectivity index is 2.24. The molecule has 0 fully saturated rings. The van der Waals surface area contributed by atoms with E-state index in [1.54, 1.807) is 0 Å². The molecule has 0 saturated carbocycles. The average Bonchev–Trinajstić information content (AvgIpc) is 2.50. The highest BCUT2D eigenvalue weighted by atomic mass is 16.3. The molecule has 0 bridgehead atoms. The molecule has 1 aliphatic rings. The van der Waals surface area contributed by atoms with Crippen LogP contribution in [-0.2, 0) is 11.5 Å². The monoisotopic (exact) mass is 161 g/mol. The fourth-order valence-corrected chi connectivity index (χ4v) is 2.09. The molecule has 0 spiro atoms. The SMILES string of the molecule is [O]CCC1CCc2ccccc21. The van der Waals surface area contributed by atoms with Crippen molar-refractivity contribution in [2.24, 2.45) is 0 Å². The van der Waals surface area contributed by atoms with Gasteiger partial charge in [0.15, 0.2) is 0 Å². The lowest BCUT2D eigenvalue weighted by atomic mass is 9.98. The van der Waals surface area contributed by atoms with E-state index in [9.17, 15) is 5.11 Å². The summed E-state index contributed by atoms with van der Waals surface area (Å²) in [4.78, 5) is 0. The summed E-state index contributed by atoms with van der Waals surface area (Å²) in [6, 6.07) is 8.50. The predicted molar refractivity (Wildman–Crippen MR) is 47.7 cm³/mol. The van der Waals surface area contributed by atoms with Gasteiger partial charge in [0.05, 0.1) is 6.61 Å². The van der Waals surface area contributed by atoms with Crippen LogP contribution in [0.25, 0.3) is 0 Å². The maximum Gasteiger partial charge on any atom is 0.0828 e. The van der Waals surface area contributed by atoms with Crippen LogP contribution in [0.15, 0.2) is 24.3 Å². The van der Waals surface area contributed by atoms with Crippen LogP contribution in [0.3, 0.4) is 0 Å². The average molecular weight is 161 g/mol. The van der Waals surface area contributed by atoms with Gasteiger partial charge < -0.3 is 0 Å². The van der Waals surface area contributed by atoms with Gasteiger partial charge >= 0.3 is 0 Å². The molecule has 1 nitrogen and oxygen atoms in total. The summed E-state index contributed by atoms with van der Waals surface area (Å²) in [6.07, 6.45) is 3.17. The Labute approximate surface area is 73.0 Å². The molecule has 1 aromatic carbocycles. The molecule has 0 aromatic heterocycles. The molecule has 0 saturated heterocycles. The van der Waals surface area contributed by atoms with E-state index in [1.165, 1.54) is 24.0 Å². The van der Waals surface area contributed by atoms with Crippen LogP contribution in [-0.4, -0.2) is 6.61 Å². The van der Waals surface area contributed by atoms with Gasteiger partial charge in [-0.3, -0.25) is 0 Å². The quantitative estimate of drug-likeness (QED) is 0.635. The van der Waals surface area contributed by atoms with Gasteiger partial charge in [0.2, 0.25) is 0 Å². The van der Waals surface area contributed by atoms with Crippen LogP contribution in [0.4, 0.5) is 0 Å². The van der Waals surface area contributed by atoms with Crippen molar-refractivity contribution in [2.45, 2.75) is 25.2 Å². The van der Waals surface area contributed by atoms with Gasteiger partial charge in [-0.2, -0.15) is 0 Å². The summed E-state index contributed by atoms with van der Waals surface area (Å²) in [7, 11) is 0. The van der Waals surface area contributed by atoms with Crippen molar-refractivity contribution in [2.75, 3.05) is 6.61 Å². The number of benzene rings is 1. The van der Waals surface area contributed by atoms with E-state index >= 15 is 0 Å². The van der Waals surface area contributed by atoms with E-state index in [-0.39, 0.29) is 6.61 Å². The third-order valence-corrected chi connectivity index (χ3v) is 2.72. The van der Waals surface area contributed by atoms with E-state index in [2.05, 4.69) is 24.3 Å². The molecule has 0 N–H and O–H groups in total. The van der Waals surface area contributed by atoms with Gasteiger partial charge in [-0.05, 0) is 36.3 Å². The molecular weight excluding hydrogens is 148 g/mol. The Kier molecular flexibility index (Phi) is 2.13. The van der Waals surface area contributed by atoms with E-state index in [0.29, 0.717) is 5.92 Å². The minimum absolute atomic E-state index is 0.0685. The molecular formula is C11H13O. The molecule has 63 valence electrons. The van der Waals surface area contributed by atoms with Crippen LogP contribution < -0.4 is 0 Å². The molecule has 2 rings (SSSR count). The van der Waals surface area contributed by atoms with Crippen molar-refractivity contribution in [3.05, 3.63) is 35.4 Å². The van der Waals surface area contributed by atoms with Gasteiger partial charge in [0.25, 0.3) is 0 Å². The van der Waals surface area contributed by atoms with Gasteiger partial charge in [-0.25, -0.2) is 5.11 Å². The number of hydrogen-bond acceptors (Lipinski definition) is 0. The Bertz CT molecular complexity index is 265. The summed E-state index contributed by atoms with van der Waals surface area (Å²) in [5.74, 6) is 0.554. The third kappa shape index (κ3) is 1.25. The van der Waals surface area contributed by atoms with Crippen LogP contribution >= 0.6 is 0 Å². The molecule has 0 heterocycles. The van der Waals surface area contributed by atoms with Gasteiger partial charge in [0, 0.05) is 0 Å². The molecule has 1 unspecified atom stereocenters. The normalized spacial score (nSPS) is 20.9. The van der Waals surface area contributed by atoms with Crippen molar-refractivity contribution >= 4 is 0 Å². The maximum absolute atomic E-state index is 10.5. The Morgan fingerprint density at radius 3 is 3.00 bits per heavy atom. The summed E-state index contributed by atoms with van der Waals surface area (Å²) in [6.45, 7) is 0.0685. The van der Waals surface area contributed by atoms with Crippen molar-refractivity contribution in [1.82, 2.24) is 0 Å². The Hall–Kier alpha value is -0.820. The standard InChI is InChI=1S/C11H13O/c12-8-7-10-6-5-9-3-1-2-4-11(9)10/h1-4,10H,5-8H2. The number of hydrogen-bond donors (Lipinski definition) is 0. The first-order chi connectivity index (χ1) is 5.92. The second kappa shape index (κ2) is 3.28. The molecule has 1 heteroatoms. The third-order valence-electron chi connectivity index (χ3n) is 2.72. The molecule has 1 radical (unpaired) electrons. The van der Waals surface area contributed by atoms with E-state index in [0.717, 1.165) is 6.42 Å². The topological polar surface area (TPSA) is 19.9 Å². The van der Waals surface area contributed by atoms with E-state index in [1.807, 2.05) is 0 Å². The number of fused-ring (bicyclic) bond motifs is 1. The van der Waals surface area contributed by atoms with Gasteiger partial charge in [-0.1, -0.05) is 24.3 Å². The fraction of sp³-hybridized carbons (Fsp3) is 0.455. The molecule has 0 aliphatic heterocycles. The van der Waals surface area contributed by atoms with E-state index < -0.39 is 0 Å². The van der Waals surface area contributed by atoms with Crippen LogP contribution in [0.5, 0.6) is 0 Å². The first-order valence-corrected chi connectivity index (χ1v) is 4.57. The zero-order valence-electron chi connectivity index (χ0n) is 7.12. The lowest BCUT2D eigenvalue weighted by Crippen LogP contribution is -1.95. The highest BCUT2D eigenvalue weighted by molar-refractivity contribution is 5.34. The Morgan fingerprint density at radius 1 is 1.33 bits per heavy atom. The largest absolute Gasteiger partial charge is 0.237 e. The van der Waals surface area contributed by atoms with E-state index in [4.69, 9.17) is 0 Å². The molecule has 1 aromatic rings. The lowest BCUT2D eigenvalue weighted by Gasteiger charge is -2.07. The van der Waals surface area contributed by atoms with Crippen molar-refractivity contribution in [3.8, 4) is 0 Å². The highest BCUT2D eigenvalue weighted by Crippen LogP contribution is 2.34. The minimum atomic E-state index is 0.0685. The zero-order valence-corrected chi connectivity index (χ0v) is 7.12. The summed E-state index contributed by atoms with van der Waals surface area (Å²) < 4.78 is 0. The van der Waals surface area contributed by atoms with Gasteiger partial charge in [0.1, 0.15) is 0 Å². The van der Waals surface area contributed by atoms with Crippen molar-refractivity contribution in [1.29, 1.82) is 0 Å².